The summed E-state index contributed by atoms with van der Waals surface area (Å²) >= 11 is 0. The van der Waals surface area contributed by atoms with E-state index in [0.717, 1.165) is 51.4 Å². The molecule has 1 amide bonds. The lowest BCUT2D eigenvalue weighted by atomic mass is 9.96. The minimum atomic E-state index is -1.99. The fourth-order valence-corrected chi connectivity index (χ4v) is 7.79. The summed E-state index contributed by atoms with van der Waals surface area (Å²) in [5.41, 5.74) is 0. The van der Waals surface area contributed by atoms with Gasteiger partial charge >= 0.3 is 0 Å². The van der Waals surface area contributed by atoms with E-state index >= 15 is 0 Å². The van der Waals surface area contributed by atoms with Crippen molar-refractivity contribution >= 4 is 5.91 Å². The predicted octanol–water partition coefficient (Wildman–Crippen LogP) is 1.47. The lowest BCUT2D eigenvalue weighted by molar-refractivity contribution is -0.379. The first kappa shape index (κ1) is 62.0. The lowest BCUT2D eigenvalue weighted by Gasteiger charge is -2.48. The molecule has 17 unspecified atom stereocenters. The number of aliphatic hydroxyl groups excluding tert-OH is 11. The molecule has 404 valence electrons. The fourth-order valence-electron chi connectivity index (χ4n) is 7.79. The number of unbranched alkanes of at least 4 members (excludes halogenated alkanes) is 3. The molecule has 0 aromatic heterocycles. The first-order valence-electron chi connectivity index (χ1n) is 25.0. The standard InChI is InChI=1S/C52H83NO18/c1-3-5-7-9-11-13-14-15-16-17-18-19-20-22-24-26-28-30-40(58)53-35(36(57)29-27-25-23-21-12-10-8-6-4-2)34-66-50-46(64)43(61)48(38(32-55)68-50)71-52-47(65)44(62)49(39(33-56)69-52)70-51-45(63)42(60)41(59)37(31-54)67-51/h4-7,11-13,15-16,18-19,21-22,24,27,29,35-39,41-52,54-57,59-65H,3,8-10,14,17,20,23,25-26,28,30-34H2,1-2H3,(H,53,58)/b6-4+,7-5-,13-11-,16-15-,19-18-,21-12+,24-22-,29-27+. The number of carbonyl (C=O) groups excluding carboxylic acids is 1. The average Bonchev–Trinajstić information content (AvgIpc) is 3.36. The van der Waals surface area contributed by atoms with E-state index in [4.69, 9.17) is 28.4 Å². The topological polar surface area (TPSA) is 307 Å². The lowest BCUT2D eigenvalue weighted by Crippen LogP contribution is -2.66. The summed E-state index contributed by atoms with van der Waals surface area (Å²) in [6.45, 7) is 1.22. The number of ether oxygens (including phenoxy) is 6. The second-order valence-electron chi connectivity index (χ2n) is 17.5. The molecule has 0 radical (unpaired) electrons. The number of carbonyl (C=O) groups is 1. The second kappa shape index (κ2) is 35.8. The molecule has 3 aliphatic rings. The zero-order valence-electron chi connectivity index (χ0n) is 41.1. The quantitative estimate of drug-likeness (QED) is 0.0335. The van der Waals surface area contributed by atoms with Crippen molar-refractivity contribution < 1.29 is 89.4 Å². The van der Waals surface area contributed by atoms with Gasteiger partial charge in [-0.25, -0.2) is 0 Å². The third kappa shape index (κ3) is 21.6. The molecular formula is C52H83NO18. The molecule has 3 heterocycles. The van der Waals surface area contributed by atoms with Gasteiger partial charge in [0.1, 0.15) is 73.2 Å². The molecule has 0 aliphatic carbocycles. The largest absolute Gasteiger partial charge is 0.394 e. The Hall–Kier alpha value is -3.29. The van der Waals surface area contributed by atoms with Gasteiger partial charge in [0, 0.05) is 6.42 Å². The van der Waals surface area contributed by atoms with E-state index in [1.54, 1.807) is 6.08 Å². The van der Waals surface area contributed by atoms with E-state index in [9.17, 15) is 61.0 Å². The first-order valence-corrected chi connectivity index (χ1v) is 25.0. The summed E-state index contributed by atoms with van der Waals surface area (Å²) in [5.74, 6) is -0.357. The molecule has 0 saturated carbocycles. The van der Waals surface area contributed by atoms with Crippen LogP contribution in [0.3, 0.4) is 0 Å². The van der Waals surface area contributed by atoms with Gasteiger partial charge in [-0.2, -0.15) is 0 Å². The Morgan fingerprint density at radius 1 is 0.535 bits per heavy atom. The van der Waals surface area contributed by atoms with Crippen molar-refractivity contribution in [3.8, 4) is 0 Å². The third-order valence-corrected chi connectivity index (χ3v) is 11.9. The highest BCUT2D eigenvalue weighted by atomic mass is 16.8. The molecule has 0 aromatic rings. The van der Waals surface area contributed by atoms with Gasteiger partial charge in [-0.15, -0.1) is 0 Å². The van der Waals surface area contributed by atoms with E-state index in [2.05, 4.69) is 79.1 Å². The number of rotatable bonds is 32. The van der Waals surface area contributed by atoms with Crippen LogP contribution in [0.4, 0.5) is 0 Å². The molecule has 12 N–H and O–H groups in total. The van der Waals surface area contributed by atoms with Crippen molar-refractivity contribution in [3.63, 3.8) is 0 Å². The van der Waals surface area contributed by atoms with Crippen LogP contribution < -0.4 is 5.32 Å². The number of nitrogens with one attached hydrogen (secondary N) is 1. The minimum absolute atomic E-state index is 0.147. The Labute approximate surface area is 418 Å². The zero-order valence-corrected chi connectivity index (χ0v) is 41.1. The maximum absolute atomic E-state index is 13.2. The SMILES string of the molecule is C/C=C/CC/C=C/CC/C=C/C(O)C(COC1OC(CO)C(OC2OC(CO)C(OC3OC(CO)C(O)C(O)C3O)C(O)C2O)C(O)C1O)NC(=O)CCC/C=C\C/C=C\C/C=C\C/C=C\C/C=C\CC. The summed E-state index contributed by atoms with van der Waals surface area (Å²) in [7, 11) is 0. The van der Waals surface area contributed by atoms with Gasteiger partial charge < -0.3 is 89.9 Å². The maximum atomic E-state index is 13.2. The van der Waals surface area contributed by atoms with Gasteiger partial charge in [0.15, 0.2) is 18.9 Å². The molecule has 0 spiro atoms. The van der Waals surface area contributed by atoms with Gasteiger partial charge in [-0.3, -0.25) is 4.79 Å². The van der Waals surface area contributed by atoms with E-state index in [0.29, 0.717) is 19.3 Å². The van der Waals surface area contributed by atoms with Crippen LogP contribution in [0.2, 0.25) is 0 Å². The average molecular weight is 1010 g/mol. The molecule has 17 atom stereocenters. The summed E-state index contributed by atoms with van der Waals surface area (Å²) < 4.78 is 34.0. The highest BCUT2D eigenvalue weighted by Gasteiger charge is 2.53. The Bertz CT molecular complexity index is 1680. The number of amides is 1. The number of hydrogen-bond donors (Lipinski definition) is 12. The molecule has 3 rings (SSSR count). The first-order chi connectivity index (χ1) is 34.3. The van der Waals surface area contributed by atoms with Gasteiger partial charge in [-0.05, 0) is 77.6 Å². The van der Waals surface area contributed by atoms with Crippen LogP contribution in [-0.4, -0.2) is 193 Å². The molecule has 3 aliphatic heterocycles. The van der Waals surface area contributed by atoms with E-state index < -0.39 is 131 Å². The van der Waals surface area contributed by atoms with Crippen molar-refractivity contribution in [3.05, 3.63) is 97.2 Å². The smallest absolute Gasteiger partial charge is 0.220 e. The van der Waals surface area contributed by atoms with Gasteiger partial charge in [-0.1, -0.05) is 104 Å². The van der Waals surface area contributed by atoms with Gasteiger partial charge in [0.05, 0.1) is 38.6 Å². The highest BCUT2D eigenvalue weighted by molar-refractivity contribution is 5.76. The van der Waals surface area contributed by atoms with Gasteiger partial charge in [0.25, 0.3) is 0 Å². The third-order valence-electron chi connectivity index (χ3n) is 11.9. The van der Waals surface area contributed by atoms with Crippen LogP contribution in [0.25, 0.3) is 0 Å². The van der Waals surface area contributed by atoms with E-state index in [-0.39, 0.29) is 12.3 Å². The summed E-state index contributed by atoms with van der Waals surface area (Å²) in [5, 5.41) is 119. The number of aliphatic hydroxyl groups is 11. The van der Waals surface area contributed by atoms with Crippen LogP contribution in [0.5, 0.6) is 0 Å². The monoisotopic (exact) mass is 1010 g/mol. The molecule has 3 fully saturated rings. The zero-order chi connectivity index (χ0) is 52.0. The van der Waals surface area contributed by atoms with Crippen molar-refractivity contribution in [2.75, 3.05) is 26.4 Å². The molecule has 71 heavy (non-hydrogen) atoms. The molecular weight excluding hydrogens is 927 g/mol. The summed E-state index contributed by atoms with van der Waals surface area (Å²) in [6.07, 6.45) is 14.6. The molecule has 3 saturated heterocycles. The van der Waals surface area contributed by atoms with Crippen LogP contribution in [-0.2, 0) is 33.2 Å². The molecule has 0 aromatic carbocycles. The predicted molar refractivity (Wildman–Crippen MR) is 263 cm³/mol. The Morgan fingerprint density at radius 2 is 0.972 bits per heavy atom. The van der Waals surface area contributed by atoms with Crippen molar-refractivity contribution in [1.82, 2.24) is 5.32 Å². The summed E-state index contributed by atoms with van der Waals surface area (Å²) in [6, 6.07) is -1.03. The van der Waals surface area contributed by atoms with Crippen LogP contribution in [0.15, 0.2) is 97.2 Å². The molecule has 0 bridgehead atoms. The van der Waals surface area contributed by atoms with Gasteiger partial charge in [0.2, 0.25) is 5.91 Å². The normalized spacial score (nSPS) is 33.1. The van der Waals surface area contributed by atoms with Crippen molar-refractivity contribution in [1.29, 1.82) is 0 Å². The summed E-state index contributed by atoms with van der Waals surface area (Å²) in [4.78, 5) is 13.2. The van der Waals surface area contributed by atoms with Crippen molar-refractivity contribution in [2.24, 2.45) is 0 Å². The Balaban J connectivity index is 1.58. The minimum Gasteiger partial charge on any atom is -0.394 e. The second-order valence-corrected chi connectivity index (χ2v) is 17.5. The number of allylic oxidation sites excluding steroid dienone is 15. The Kier molecular flexibility index (Phi) is 31.3. The highest BCUT2D eigenvalue weighted by Crippen LogP contribution is 2.33. The van der Waals surface area contributed by atoms with E-state index in [1.807, 2.05) is 25.2 Å². The van der Waals surface area contributed by atoms with Crippen LogP contribution >= 0.6 is 0 Å². The Morgan fingerprint density at radius 3 is 1.49 bits per heavy atom. The van der Waals surface area contributed by atoms with Crippen LogP contribution in [0.1, 0.15) is 90.9 Å². The molecule has 19 heteroatoms. The maximum Gasteiger partial charge on any atom is 0.220 e. The van der Waals surface area contributed by atoms with Crippen molar-refractivity contribution in [2.45, 2.75) is 195 Å². The number of hydrogen-bond acceptors (Lipinski definition) is 18. The molecule has 19 nitrogen and oxygen atoms in total. The van der Waals surface area contributed by atoms with Crippen LogP contribution in [0, 0.1) is 0 Å². The van der Waals surface area contributed by atoms with E-state index in [1.165, 1.54) is 6.08 Å². The fraction of sp³-hybridized carbons (Fsp3) is 0.673.